The molecule has 27 heavy (non-hydrogen) atoms. The van der Waals surface area contributed by atoms with Gasteiger partial charge >= 0.3 is 0 Å². The van der Waals surface area contributed by atoms with Crippen molar-refractivity contribution in [3.8, 4) is 11.1 Å². The zero-order chi connectivity index (χ0) is 18.4. The van der Waals surface area contributed by atoms with Crippen LogP contribution in [0.15, 0.2) is 37.2 Å². The molecule has 0 unspecified atom stereocenters. The van der Waals surface area contributed by atoms with Gasteiger partial charge in [-0.05, 0) is 6.42 Å². The summed E-state index contributed by atoms with van der Waals surface area (Å²) in [6.07, 6.45) is 12.4. The van der Waals surface area contributed by atoms with Crippen molar-refractivity contribution in [1.29, 1.82) is 0 Å². The fourth-order valence-corrected chi connectivity index (χ4v) is 3.48. The Balaban J connectivity index is 1.43. The monoisotopic (exact) mass is 362 g/mol. The average molecular weight is 362 g/mol. The van der Waals surface area contributed by atoms with Crippen LogP contribution in [-0.4, -0.2) is 59.8 Å². The molecule has 4 aromatic rings. The van der Waals surface area contributed by atoms with Gasteiger partial charge in [-0.3, -0.25) is 9.20 Å². The van der Waals surface area contributed by atoms with Gasteiger partial charge in [-0.1, -0.05) is 0 Å². The molecule has 0 radical (unpaired) electrons. The predicted molar refractivity (Wildman–Crippen MR) is 100 cm³/mol. The molecule has 136 valence electrons. The van der Waals surface area contributed by atoms with Crippen LogP contribution in [0.25, 0.3) is 27.9 Å². The average Bonchev–Trinajstić information content (AvgIpc) is 3.30. The largest absolute Gasteiger partial charge is 0.350 e. The van der Waals surface area contributed by atoms with Crippen LogP contribution >= 0.6 is 0 Å². The normalized spacial score (nSPS) is 17.7. The van der Waals surface area contributed by atoms with Crippen LogP contribution in [0.2, 0.25) is 0 Å². The van der Waals surface area contributed by atoms with Crippen molar-refractivity contribution in [3.63, 3.8) is 0 Å². The standard InChI is InChI=1S/C18H18N8O/c1-25-10-12(2-3-15(25)27)23-17-21-8-14-13(7-20-16(14)24-17)11-6-22-18-19-4-5-26(18)9-11/h4-9,12H,2-3,10H2,1H3,(H2,20,21,23,24)/t12-/m1/s1. The summed E-state index contributed by atoms with van der Waals surface area (Å²) in [7, 11) is 1.82. The molecule has 9 heteroatoms. The van der Waals surface area contributed by atoms with Crippen LogP contribution in [-0.2, 0) is 4.79 Å². The van der Waals surface area contributed by atoms with E-state index >= 15 is 0 Å². The third-order valence-electron chi connectivity index (χ3n) is 4.95. The number of likely N-dealkylation sites (N-methyl/N-ethyl adjacent to an activating group) is 1. The molecule has 0 bridgehead atoms. The summed E-state index contributed by atoms with van der Waals surface area (Å²) in [5.74, 6) is 1.41. The number of amides is 1. The number of imidazole rings is 1. The predicted octanol–water partition coefficient (Wildman–Crippen LogP) is 1.70. The molecule has 1 amide bonds. The highest BCUT2D eigenvalue weighted by molar-refractivity contribution is 5.93. The molecular weight excluding hydrogens is 344 g/mol. The second-order valence-electron chi connectivity index (χ2n) is 6.79. The number of carbonyl (C=O) groups is 1. The Morgan fingerprint density at radius 2 is 2.19 bits per heavy atom. The second-order valence-corrected chi connectivity index (χ2v) is 6.79. The van der Waals surface area contributed by atoms with Gasteiger partial charge in [0.25, 0.3) is 0 Å². The third kappa shape index (κ3) is 2.77. The van der Waals surface area contributed by atoms with E-state index in [1.54, 1.807) is 17.3 Å². The van der Waals surface area contributed by atoms with Crippen LogP contribution < -0.4 is 5.32 Å². The minimum atomic E-state index is 0.160. The van der Waals surface area contributed by atoms with Gasteiger partial charge < -0.3 is 15.2 Å². The summed E-state index contributed by atoms with van der Waals surface area (Å²) >= 11 is 0. The van der Waals surface area contributed by atoms with Crippen LogP contribution in [0.1, 0.15) is 12.8 Å². The molecule has 2 N–H and O–H groups in total. The van der Waals surface area contributed by atoms with E-state index in [2.05, 4.69) is 30.2 Å². The van der Waals surface area contributed by atoms with Crippen LogP contribution in [0, 0.1) is 0 Å². The molecule has 5 heterocycles. The molecule has 4 aromatic heterocycles. The Morgan fingerprint density at radius 3 is 3.07 bits per heavy atom. The first-order valence-corrected chi connectivity index (χ1v) is 8.81. The molecule has 0 spiro atoms. The summed E-state index contributed by atoms with van der Waals surface area (Å²) in [6, 6.07) is 0.160. The van der Waals surface area contributed by atoms with Crippen molar-refractivity contribution in [2.45, 2.75) is 18.9 Å². The molecule has 1 aliphatic rings. The van der Waals surface area contributed by atoms with E-state index in [0.29, 0.717) is 24.7 Å². The van der Waals surface area contributed by atoms with E-state index < -0.39 is 0 Å². The van der Waals surface area contributed by atoms with Crippen molar-refractivity contribution < 1.29 is 4.79 Å². The van der Waals surface area contributed by atoms with E-state index in [9.17, 15) is 4.79 Å². The van der Waals surface area contributed by atoms with Crippen molar-refractivity contribution >= 4 is 28.7 Å². The zero-order valence-electron chi connectivity index (χ0n) is 14.8. The van der Waals surface area contributed by atoms with E-state index in [1.165, 1.54) is 0 Å². The number of piperidine rings is 1. The third-order valence-corrected chi connectivity index (χ3v) is 4.95. The van der Waals surface area contributed by atoms with Gasteiger partial charge in [-0.2, -0.15) is 4.98 Å². The van der Waals surface area contributed by atoms with E-state index in [-0.39, 0.29) is 11.9 Å². The molecule has 5 rings (SSSR count). The van der Waals surface area contributed by atoms with Gasteiger partial charge in [0.05, 0.1) is 0 Å². The zero-order valence-corrected chi connectivity index (χ0v) is 14.8. The fourth-order valence-electron chi connectivity index (χ4n) is 3.48. The number of nitrogens with one attached hydrogen (secondary N) is 2. The first-order valence-electron chi connectivity index (χ1n) is 8.81. The van der Waals surface area contributed by atoms with Crippen molar-refractivity contribution in [2.24, 2.45) is 0 Å². The Labute approximate surface area is 154 Å². The Hall–Kier alpha value is -3.49. The Bertz CT molecular complexity index is 1150. The van der Waals surface area contributed by atoms with Crippen molar-refractivity contribution in [1.82, 2.24) is 34.2 Å². The van der Waals surface area contributed by atoms with Crippen LogP contribution in [0.4, 0.5) is 5.95 Å². The number of likely N-dealkylation sites (tertiary alicyclic amines) is 1. The number of carbonyl (C=O) groups excluding carboxylic acids is 1. The maximum absolute atomic E-state index is 11.6. The highest BCUT2D eigenvalue weighted by atomic mass is 16.2. The lowest BCUT2D eigenvalue weighted by atomic mass is 10.1. The number of H-pyrrole nitrogens is 1. The molecule has 9 nitrogen and oxygen atoms in total. The molecule has 1 fully saturated rings. The molecule has 1 atom stereocenters. The maximum Gasteiger partial charge on any atom is 0.233 e. The minimum Gasteiger partial charge on any atom is -0.350 e. The van der Waals surface area contributed by atoms with Gasteiger partial charge in [0.15, 0.2) is 0 Å². The van der Waals surface area contributed by atoms with Gasteiger partial charge in [-0.15, -0.1) is 0 Å². The number of aromatic amines is 1. The summed E-state index contributed by atoms with van der Waals surface area (Å²) < 4.78 is 1.88. The lowest BCUT2D eigenvalue weighted by molar-refractivity contribution is -0.132. The summed E-state index contributed by atoms with van der Waals surface area (Å²) in [4.78, 5) is 34.2. The van der Waals surface area contributed by atoms with Gasteiger partial charge in [0.2, 0.25) is 17.6 Å². The molecule has 1 aliphatic heterocycles. The lowest BCUT2D eigenvalue weighted by Gasteiger charge is -2.30. The van der Waals surface area contributed by atoms with Gasteiger partial charge in [0.1, 0.15) is 5.65 Å². The number of hydrogen-bond donors (Lipinski definition) is 2. The highest BCUT2D eigenvalue weighted by Crippen LogP contribution is 2.27. The smallest absolute Gasteiger partial charge is 0.233 e. The number of fused-ring (bicyclic) bond motifs is 2. The Kier molecular flexibility index (Phi) is 3.52. The van der Waals surface area contributed by atoms with Crippen LogP contribution in [0.3, 0.4) is 0 Å². The first kappa shape index (κ1) is 15.7. The van der Waals surface area contributed by atoms with Crippen LogP contribution in [0.5, 0.6) is 0 Å². The SMILES string of the molecule is CN1C[C@H](Nc2ncc3c(-c4cnc5nccn5c4)c[nH]c3n2)CCC1=O. The second kappa shape index (κ2) is 6.04. The van der Waals surface area contributed by atoms with E-state index in [0.717, 1.165) is 28.6 Å². The number of rotatable bonds is 3. The van der Waals surface area contributed by atoms with Gasteiger partial charge in [0, 0.05) is 79.7 Å². The van der Waals surface area contributed by atoms with Gasteiger partial charge in [-0.25, -0.2) is 15.0 Å². The molecule has 0 saturated carbocycles. The minimum absolute atomic E-state index is 0.160. The summed E-state index contributed by atoms with van der Waals surface area (Å²) in [6.45, 7) is 0.660. The molecular formula is C18H18N8O. The number of hydrogen-bond acceptors (Lipinski definition) is 6. The van der Waals surface area contributed by atoms with Crippen molar-refractivity contribution in [2.75, 3.05) is 18.9 Å². The number of aromatic nitrogens is 6. The molecule has 0 aromatic carbocycles. The van der Waals surface area contributed by atoms with Crippen molar-refractivity contribution in [3.05, 3.63) is 37.2 Å². The van der Waals surface area contributed by atoms with E-state index in [1.807, 2.05) is 36.2 Å². The molecule has 1 saturated heterocycles. The maximum atomic E-state index is 11.6. The lowest BCUT2D eigenvalue weighted by Crippen LogP contribution is -2.43. The highest BCUT2D eigenvalue weighted by Gasteiger charge is 2.23. The topological polar surface area (TPSA) is 104 Å². The number of anilines is 1. The first-order chi connectivity index (χ1) is 13.2. The molecule has 0 aliphatic carbocycles. The summed E-state index contributed by atoms with van der Waals surface area (Å²) in [5, 5.41) is 4.26. The Morgan fingerprint density at radius 1 is 1.26 bits per heavy atom. The summed E-state index contributed by atoms with van der Waals surface area (Å²) in [5.41, 5.74) is 2.71. The fraction of sp³-hybridized carbons (Fsp3) is 0.278. The quantitative estimate of drug-likeness (QED) is 0.575. The number of nitrogens with zero attached hydrogens (tertiary/aromatic N) is 6. The van der Waals surface area contributed by atoms with E-state index in [4.69, 9.17) is 0 Å².